The Hall–Kier alpha value is 0.240. The molecular weight excluding hydrogens is 186 g/mol. The van der Waals surface area contributed by atoms with E-state index in [0.717, 1.165) is 16.2 Å². The van der Waals surface area contributed by atoms with Gasteiger partial charge in [0.1, 0.15) is 4.32 Å². The predicted molar refractivity (Wildman–Crippen MR) is 58.6 cm³/mol. The summed E-state index contributed by atoms with van der Waals surface area (Å²) in [6.45, 7) is 2.33. The summed E-state index contributed by atoms with van der Waals surface area (Å²) in [6, 6.07) is 0. The summed E-state index contributed by atoms with van der Waals surface area (Å²) >= 11 is 9.35. The van der Waals surface area contributed by atoms with Gasteiger partial charge in [-0.15, -0.1) is 12.6 Å². The van der Waals surface area contributed by atoms with E-state index in [1.54, 1.807) is 0 Å². The van der Waals surface area contributed by atoms with Crippen molar-refractivity contribution in [2.75, 3.05) is 13.1 Å². The van der Waals surface area contributed by atoms with Gasteiger partial charge in [-0.2, -0.15) is 0 Å². The van der Waals surface area contributed by atoms with E-state index in [1.165, 1.54) is 38.8 Å². The molecule has 0 aromatic heterocycles. The minimum absolute atomic E-state index is 0.800. The molecule has 1 saturated carbocycles. The van der Waals surface area contributed by atoms with Crippen LogP contribution < -0.4 is 0 Å². The lowest BCUT2D eigenvalue weighted by molar-refractivity contribution is 0.326. The average Bonchev–Trinajstić information content (AvgIpc) is 2.36. The zero-order chi connectivity index (χ0) is 8.55. The molecule has 3 aliphatic rings. The second kappa shape index (κ2) is 3.54. The molecule has 0 N–H and O–H groups in total. The predicted octanol–water partition coefficient (Wildman–Crippen LogP) is 2.32. The number of nitrogens with zero attached hydrogens (tertiary/aromatic N) is 1. The molecule has 3 fully saturated rings. The van der Waals surface area contributed by atoms with E-state index in [2.05, 4.69) is 17.5 Å². The molecule has 2 aliphatic heterocycles. The first kappa shape index (κ1) is 8.82. The van der Waals surface area contributed by atoms with Crippen molar-refractivity contribution in [3.05, 3.63) is 0 Å². The fraction of sp³-hybridized carbons (Fsp3) is 0.889. The third-order valence-corrected chi connectivity index (χ3v) is 3.74. The molecule has 3 rings (SSSR count). The van der Waals surface area contributed by atoms with Crippen LogP contribution in [0, 0.1) is 11.8 Å². The van der Waals surface area contributed by atoms with Crippen molar-refractivity contribution in [3.8, 4) is 0 Å². The number of fused-ring (bicyclic) bond motifs is 4. The third kappa shape index (κ3) is 1.77. The van der Waals surface area contributed by atoms with Crippen molar-refractivity contribution >= 4 is 29.2 Å². The number of thiocarbonyl (C=S) groups is 1. The van der Waals surface area contributed by atoms with Gasteiger partial charge in [-0.1, -0.05) is 12.2 Å². The summed E-state index contributed by atoms with van der Waals surface area (Å²) in [6.07, 6.45) is 5.66. The molecule has 0 spiro atoms. The van der Waals surface area contributed by atoms with Gasteiger partial charge in [0, 0.05) is 13.1 Å². The van der Waals surface area contributed by atoms with Crippen LogP contribution in [0.15, 0.2) is 0 Å². The highest BCUT2D eigenvalue weighted by Crippen LogP contribution is 2.34. The van der Waals surface area contributed by atoms with Crippen LogP contribution in [0.4, 0.5) is 0 Å². The van der Waals surface area contributed by atoms with E-state index < -0.39 is 0 Å². The zero-order valence-corrected chi connectivity index (χ0v) is 8.91. The lowest BCUT2D eigenvalue weighted by atomic mass is 9.84. The summed E-state index contributed by atoms with van der Waals surface area (Å²) in [4.78, 5) is 2.29. The van der Waals surface area contributed by atoms with Crippen LogP contribution in [0.3, 0.4) is 0 Å². The second-order valence-corrected chi connectivity index (χ2v) is 5.19. The molecule has 0 amide bonds. The van der Waals surface area contributed by atoms with Gasteiger partial charge in [0.15, 0.2) is 0 Å². The minimum atomic E-state index is 0.800. The fourth-order valence-electron chi connectivity index (χ4n) is 2.45. The van der Waals surface area contributed by atoms with Gasteiger partial charge in [0.2, 0.25) is 0 Å². The van der Waals surface area contributed by atoms with Crippen LogP contribution in [0.1, 0.15) is 25.7 Å². The molecule has 0 atom stereocenters. The minimum Gasteiger partial charge on any atom is -0.357 e. The van der Waals surface area contributed by atoms with Gasteiger partial charge < -0.3 is 4.90 Å². The molecule has 3 heteroatoms. The Kier molecular flexibility index (Phi) is 2.60. The Morgan fingerprint density at radius 2 is 1.50 bits per heavy atom. The fourth-order valence-corrected chi connectivity index (χ4v) is 2.76. The van der Waals surface area contributed by atoms with Crippen molar-refractivity contribution < 1.29 is 0 Å². The molecule has 2 bridgehead atoms. The van der Waals surface area contributed by atoms with Gasteiger partial charge >= 0.3 is 0 Å². The largest absolute Gasteiger partial charge is 0.357 e. The van der Waals surface area contributed by atoms with Gasteiger partial charge in [-0.05, 0) is 37.5 Å². The summed E-state index contributed by atoms with van der Waals surface area (Å²) in [5.74, 6) is 1.79. The summed E-state index contributed by atoms with van der Waals surface area (Å²) in [5, 5.41) is 0. The van der Waals surface area contributed by atoms with Gasteiger partial charge in [0.25, 0.3) is 0 Å². The van der Waals surface area contributed by atoms with Crippen molar-refractivity contribution in [2.24, 2.45) is 11.8 Å². The number of thiol groups is 1. The molecular formula is C9H15NS2. The van der Waals surface area contributed by atoms with Crippen LogP contribution in [0.25, 0.3) is 0 Å². The number of hydrogen-bond acceptors (Lipinski definition) is 1. The van der Waals surface area contributed by atoms with E-state index in [-0.39, 0.29) is 0 Å². The first-order chi connectivity index (χ1) is 5.75. The molecule has 2 heterocycles. The van der Waals surface area contributed by atoms with E-state index in [1.807, 2.05) is 0 Å². The highest BCUT2D eigenvalue weighted by atomic mass is 32.1. The monoisotopic (exact) mass is 201 g/mol. The van der Waals surface area contributed by atoms with Crippen molar-refractivity contribution in [2.45, 2.75) is 25.7 Å². The van der Waals surface area contributed by atoms with Crippen LogP contribution in [0.5, 0.6) is 0 Å². The zero-order valence-electron chi connectivity index (χ0n) is 7.20. The second-order valence-electron chi connectivity index (χ2n) is 4.07. The lowest BCUT2D eigenvalue weighted by Gasteiger charge is -2.22. The molecule has 0 aromatic carbocycles. The molecule has 12 heavy (non-hydrogen) atoms. The first-order valence-corrected chi connectivity index (χ1v) is 5.59. The maximum Gasteiger partial charge on any atom is 0.133 e. The van der Waals surface area contributed by atoms with E-state index in [9.17, 15) is 0 Å². The Balaban J connectivity index is 2.06. The number of hydrogen-bond donors (Lipinski definition) is 1. The molecule has 0 unspecified atom stereocenters. The Morgan fingerprint density at radius 3 is 1.83 bits per heavy atom. The molecule has 68 valence electrons. The summed E-state index contributed by atoms with van der Waals surface area (Å²) in [7, 11) is 0. The standard InChI is InChI=1S/C9H15NS2/c11-9(12)10-5-7-1-2-8(6-10)4-3-7/h7-8H,1-6H2,(H,11,12). The maximum absolute atomic E-state index is 5.10. The molecule has 0 aromatic rings. The average molecular weight is 201 g/mol. The normalized spacial score (nSPS) is 34.9. The van der Waals surface area contributed by atoms with Crippen molar-refractivity contribution in [1.82, 2.24) is 4.90 Å². The van der Waals surface area contributed by atoms with Crippen molar-refractivity contribution in [1.29, 1.82) is 0 Å². The molecule has 2 saturated heterocycles. The van der Waals surface area contributed by atoms with E-state index in [4.69, 9.17) is 12.2 Å². The highest BCUT2D eigenvalue weighted by molar-refractivity contribution is 8.10. The lowest BCUT2D eigenvalue weighted by Crippen LogP contribution is -2.30. The Labute approximate surface area is 84.9 Å². The topological polar surface area (TPSA) is 3.24 Å². The van der Waals surface area contributed by atoms with Gasteiger partial charge in [-0.3, -0.25) is 0 Å². The quantitative estimate of drug-likeness (QED) is 0.473. The van der Waals surface area contributed by atoms with Crippen LogP contribution in [-0.2, 0) is 0 Å². The number of rotatable bonds is 0. The third-order valence-electron chi connectivity index (χ3n) is 3.19. The SMILES string of the molecule is S=C(S)N1CC2CCC(CC2)C1. The Bertz CT molecular complexity index is 171. The van der Waals surface area contributed by atoms with Crippen LogP contribution in [0.2, 0.25) is 0 Å². The van der Waals surface area contributed by atoms with E-state index >= 15 is 0 Å². The molecule has 1 nitrogen and oxygen atoms in total. The smallest absolute Gasteiger partial charge is 0.133 e. The molecule has 0 radical (unpaired) electrons. The highest BCUT2D eigenvalue weighted by Gasteiger charge is 2.29. The molecule has 1 aliphatic carbocycles. The van der Waals surface area contributed by atoms with Gasteiger partial charge in [-0.25, -0.2) is 0 Å². The maximum atomic E-state index is 5.10. The van der Waals surface area contributed by atoms with E-state index in [0.29, 0.717) is 0 Å². The summed E-state index contributed by atoms with van der Waals surface area (Å²) in [5.41, 5.74) is 0. The van der Waals surface area contributed by atoms with Crippen molar-refractivity contribution in [3.63, 3.8) is 0 Å². The van der Waals surface area contributed by atoms with Gasteiger partial charge in [0.05, 0.1) is 0 Å². The summed E-state index contributed by atoms with van der Waals surface area (Å²) < 4.78 is 0.800. The van der Waals surface area contributed by atoms with Crippen LogP contribution in [-0.4, -0.2) is 22.3 Å². The first-order valence-electron chi connectivity index (χ1n) is 4.73. The van der Waals surface area contributed by atoms with Crippen LogP contribution >= 0.6 is 24.8 Å². The Morgan fingerprint density at radius 1 is 1.08 bits per heavy atom.